The molecule has 2 nitrogen and oxygen atoms in total. The molecule has 16 heavy (non-hydrogen) atoms. The summed E-state index contributed by atoms with van der Waals surface area (Å²) in [4.78, 5) is 0. The molecule has 1 heterocycles. The summed E-state index contributed by atoms with van der Waals surface area (Å²) in [6.07, 6.45) is 2.73. The zero-order valence-corrected chi connectivity index (χ0v) is 10.5. The number of nitrogens with one attached hydrogen (secondary N) is 1. The van der Waals surface area contributed by atoms with E-state index >= 15 is 0 Å². The predicted molar refractivity (Wildman–Crippen MR) is 67.2 cm³/mol. The van der Waals surface area contributed by atoms with Crippen LogP contribution in [0.25, 0.3) is 0 Å². The first-order chi connectivity index (χ1) is 7.66. The first-order valence-electron chi connectivity index (χ1n) is 6.12. The van der Waals surface area contributed by atoms with Gasteiger partial charge in [0, 0.05) is 6.54 Å². The number of piperidine rings is 1. The number of rotatable bonds is 2. The van der Waals surface area contributed by atoms with Crippen molar-refractivity contribution in [3.63, 3.8) is 0 Å². The molecule has 1 fully saturated rings. The lowest BCUT2D eigenvalue weighted by atomic mass is 10.1. The van der Waals surface area contributed by atoms with E-state index in [2.05, 4.69) is 38.2 Å². The number of hydrogen-bond donors (Lipinski definition) is 1. The summed E-state index contributed by atoms with van der Waals surface area (Å²) in [6.45, 7) is 8.52. The minimum absolute atomic E-state index is 0.342. The maximum Gasteiger partial charge on any atom is 0.122 e. The van der Waals surface area contributed by atoms with Crippen LogP contribution in [0.3, 0.4) is 0 Å². The molecule has 1 aliphatic rings. The van der Waals surface area contributed by atoms with Crippen LogP contribution in [0.5, 0.6) is 5.75 Å². The van der Waals surface area contributed by atoms with E-state index in [1.807, 2.05) is 0 Å². The van der Waals surface area contributed by atoms with Crippen LogP contribution >= 0.6 is 0 Å². The molecule has 88 valence electrons. The fourth-order valence-corrected chi connectivity index (χ4v) is 2.16. The molecule has 0 saturated carbocycles. The highest BCUT2D eigenvalue weighted by Crippen LogP contribution is 2.24. The maximum atomic E-state index is 6.06. The van der Waals surface area contributed by atoms with Crippen LogP contribution in [0.1, 0.15) is 29.5 Å². The summed E-state index contributed by atoms with van der Waals surface area (Å²) >= 11 is 0. The Morgan fingerprint density at radius 2 is 1.88 bits per heavy atom. The van der Waals surface area contributed by atoms with Crippen molar-refractivity contribution in [3.8, 4) is 5.75 Å². The fraction of sp³-hybridized carbons (Fsp3) is 0.571. The van der Waals surface area contributed by atoms with Crippen LogP contribution < -0.4 is 10.1 Å². The lowest BCUT2D eigenvalue weighted by molar-refractivity contribution is 0.166. The molecule has 0 amide bonds. The Kier molecular flexibility index (Phi) is 3.49. The monoisotopic (exact) mass is 219 g/mol. The van der Waals surface area contributed by atoms with Crippen molar-refractivity contribution in [2.75, 3.05) is 13.1 Å². The van der Waals surface area contributed by atoms with Gasteiger partial charge in [-0.3, -0.25) is 0 Å². The summed E-state index contributed by atoms with van der Waals surface area (Å²) in [5, 5.41) is 3.38. The van der Waals surface area contributed by atoms with Crippen LogP contribution in [-0.2, 0) is 0 Å². The zero-order valence-electron chi connectivity index (χ0n) is 10.5. The molecule has 0 aromatic heterocycles. The molecule has 1 N–H and O–H groups in total. The van der Waals surface area contributed by atoms with Gasteiger partial charge in [0.05, 0.1) is 0 Å². The second kappa shape index (κ2) is 4.88. The van der Waals surface area contributed by atoms with Crippen molar-refractivity contribution in [1.29, 1.82) is 0 Å². The third-order valence-electron chi connectivity index (χ3n) is 3.34. The molecule has 0 aliphatic carbocycles. The lowest BCUT2D eigenvalue weighted by Gasteiger charge is -2.25. The molecule has 1 unspecified atom stereocenters. The van der Waals surface area contributed by atoms with Crippen molar-refractivity contribution in [1.82, 2.24) is 5.32 Å². The van der Waals surface area contributed by atoms with E-state index in [1.54, 1.807) is 0 Å². The minimum atomic E-state index is 0.342. The Labute approximate surface area is 98.0 Å². The first-order valence-corrected chi connectivity index (χ1v) is 6.12. The quantitative estimate of drug-likeness (QED) is 0.826. The molecule has 1 aliphatic heterocycles. The number of ether oxygens (including phenoxy) is 1. The van der Waals surface area contributed by atoms with E-state index in [0.29, 0.717) is 6.10 Å². The van der Waals surface area contributed by atoms with E-state index in [4.69, 9.17) is 4.74 Å². The Morgan fingerprint density at radius 1 is 1.12 bits per heavy atom. The van der Waals surface area contributed by atoms with Crippen LogP contribution in [-0.4, -0.2) is 19.2 Å². The Hall–Kier alpha value is -1.02. The first kappa shape index (κ1) is 11.5. The van der Waals surface area contributed by atoms with Gasteiger partial charge in [-0.2, -0.15) is 0 Å². The van der Waals surface area contributed by atoms with Gasteiger partial charge in [-0.15, -0.1) is 0 Å². The summed E-state index contributed by atoms with van der Waals surface area (Å²) in [6, 6.07) is 4.38. The Balaban J connectivity index is 2.11. The molecular weight excluding hydrogens is 198 g/mol. The van der Waals surface area contributed by atoms with E-state index in [9.17, 15) is 0 Å². The average Bonchev–Trinajstić information content (AvgIpc) is 2.27. The fourth-order valence-electron chi connectivity index (χ4n) is 2.16. The molecule has 0 bridgehead atoms. The highest BCUT2D eigenvalue weighted by Gasteiger charge is 2.15. The molecule has 2 heteroatoms. The highest BCUT2D eigenvalue weighted by atomic mass is 16.5. The molecule has 0 radical (unpaired) electrons. The molecular formula is C14H21NO. The van der Waals surface area contributed by atoms with Crippen molar-refractivity contribution < 1.29 is 4.74 Å². The van der Waals surface area contributed by atoms with Crippen molar-refractivity contribution in [2.24, 2.45) is 0 Å². The average molecular weight is 219 g/mol. The van der Waals surface area contributed by atoms with Gasteiger partial charge in [0.2, 0.25) is 0 Å². The maximum absolute atomic E-state index is 6.06. The van der Waals surface area contributed by atoms with Gasteiger partial charge in [-0.1, -0.05) is 6.07 Å². The van der Waals surface area contributed by atoms with Crippen molar-refractivity contribution in [2.45, 2.75) is 39.7 Å². The second-order valence-corrected chi connectivity index (χ2v) is 4.79. The molecule has 0 spiro atoms. The third-order valence-corrected chi connectivity index (χ3v) is 3.34. The van der Waals surface area contributed by atoms with E-state index < -0.39 is 0 Å². The molecule has 1 aromatic carbocycles. The number of hydrogen-bond acceptors (Lipinski definition) is 2. The van der Waals surface area contributed by atoms with Gasteiger partial charge in [0.15, 0.2) is 0 Å². The summed E-state index contributed by atoms with van der Waals surface area (Å²) in [5.41, 5.74) is 3.89. The normalized spacial score (nSPS) is 20.8. The van der Waals surface area contributed by atoms with E-state index in [0.717, 1.165) is 18.8 Å². The van der Waals surface area contributed by atoms with E-state index in [-0.39, 0.29) is 0 Å². The molecule has 2 rings (SSSR count). The Bertz CT molecular complexity index is 367. The number of benzene rings is 1. The summed E-state index contributed by atoms with van der Waals surface area (Å²) in [7, 11) is 0. The lowest BCUT2D eigenvalue weighted by Crippen LogP contribution is -2.37. The summed E-state index contributed by atoms with van der Waals surface area (Å²) < 4.78 is 6.06. The smallest absolute Gasteiger partial charge is 0.122 e. The van der Waals surface area contributed by atoms with Gasteiger partial charge in [-0.05, 0) is 62.9 Å². The molecule has 1 atom stereocenters. The van der Waals surface area contributed by atoms with Gasteiger partial charge >= 0.3 is 0 Å². The molecule has 1 saturated heterocycles. The Morgan fingerprint density at radius 3 is 2.56 bits per heavy atom. The SMILES string of the molecule is Cc1cc(C)c(OC2CCCNC2)cc1C. The minimum Gasteiger partial charge on any atom is -0.489 e. The topological polar surface area (TPSA) is 21.3 Å². The van der Waals surface area contributed by atoms with Gasteiger partial charge in [0.1, 0.15) is 11.9 Å². The zero-order chi connectivity index (χ0) is 11.5. The van der Waals surface area contributed by atoms with Crippen LogP contribution in [0.4, 0.5) is 0 Å². The van der Waals surface area contributed by atoms with Gasteiger partial charge in [0.25, 0.3) is 0 Å². The predicted octanol–water partition coefficient (Wildman–Crippen LogP) is 2.74. The third kappa shape index (κ3) is 2.56. The highest BCUT2D eigenvalue weighted by molar-refractivity contribution is 5.41. The van der Waals surface area contributed by atoms with Gasteiger partial charge in [-0.25, -0.2) is 0 Å². The van der Waals surface area contributed by atoms with Gasteiger partial charge < -0.3 is 10.1 Å². The van der Waals surface area contributed by atoms with Crippen LogP contribution in [0, 0.1) is 20.8 Å². The summed E-state index contributed by atoms with van der Waals surface area (Å²) in [5.74, 6) is 1.05. The van der Waals surface area contributed by atoms with Crippen molar-refractivity contribution >= 4 is 0 Å². The standard InChI is InChI=1S/C14H21NO/c1-10-7-12(3)14(8-11(10)2)16-13-5-4-6-15-9-13/h7-8,13,15H,4-6,9H2,1-3H3. The van der Waals surface area contributed by atoms with Crippen LogP contribution in [0.15, 0.2) is 12.1 Å². The second-order valence-electron chi connectivity index (χ2n) is 4.79. The van der Waals surface area contributed by atoms with Crippen LogP contribution in [0.2, 0.25) is 0 Å². The largest absolute Gasteiger partial charge is 0.489 e. The molecule has 1 aromatic rings. The van der Waals surface area contributed by atoms with Crippen molar-refractivity contribution in [3.05, 3.63) is 28.8 Å². The van der Waals surface area contributed by atoms with E-state index in [1.165, 1.54) is 29.5 Å². The number of aryl methyl sites for hydroxylation is 3.